The second-order valence-corrected chi connectivity index (χ2v) is 13.8. The number of nitrogens with zero attached hydrogens (tertiary/aromatic N) is 1. The van der Waals surface area contributed by atoms with E-state index >= 15 is 0 Å². The Kier molecular flexibility index (Phi) is 36.0. The molecule has 0 radical (unpaired) electrons. The fourth-order valence-corrected chi connectivity index (χ4v) is 5.85. The topological polar surface area (TPSA) is 29.5 Å². The second kappa shape index (κ2) is 37.1. The minimum absolute atomic E-state index is 0.0101. The van der Waals surface area contributed by atoms with E-state index < -0.39 is 0 Å². The number of esters is 1. The number of allylic oxidation sites excluding steroid dienone is 6. The van der Waals surface area contributed by atoms with Crippen molar-refractivity contribution in [2.24, 2.45) is 0 Å². The van der Waals surface area contributed by atoms with Gasteiger partial charge in [0.2, 0.25) is 0 Å². The molecule has 1 atom stereocenters. The Bertz CT molecular complexity index is 680. The zero-order valence-corrected chi connectivity index (χ0v) is 31.0. The van der Waals surface area contributed by atoms with Crippen LogP contribution < -0.4 is 0 Å². The second-order valence-electron chi connectivity index (χ2n) is 13.8. The van der Waals surface area contributed by atoms with Gasteiger partial charge >= 0.3 is 5.97 Å². The van der Waals surface area contributed by atoms with Gasteiger partial charge in [-0.1, -0.05) is 140 Å². The normalized spacial score (nSPS) is 12.8. The van der Waals surface area contributed by atoms with Gasteiger partial charge in [0.25, 0.3) is 0 Å². The van der Waals surface area contributed by atoms with Crippen LogP contribution >= 0.6 is 0 Å². The molecule has 45 heavy (non-hydrogen) atoms. The average Bonchev–Trinajstić information content (AvgIpc) is 3.02. The maximum Gasteiger partial charge on any atom is 0.306 e. The lowest BCUT2D eigenvalue weighted by molar-refractivity contribution is -0.150. The predicted octanol–water partition coefficient (Wildman–Crippen LogP) is 13.5. The summed E-state index contributed by atoms with van der Waals surface area (Å²) >= 11 is 0. The van der Waals surface area contributed by atoms with Crippen LogP contribution in [0.15, 0.2) is 36.5 Å². The van der Waals surface area contributed by atoms with E-state index in [1.54, 1.807) is 0 Å². The summed E-state index contributed by atoms with van der Waals surface area (Å²) in [6.07, 6.45) is 50.2. The maximum absolute atomic E-state index is 12.5. The molecule has 3 heteroatoms. The molecule has 0 aromatic rings. The summed E-state index contributed by atoms with van der Waals surface area (Å²) in [5.41, 5.74) is 0. The van der Waals surface area contributed by atoms with Gasteiger partial charge in [0, 0.05) is 6.42 Å². The lowest BCUT2D eigenvalue weighted by Gasteiger charge is -2.18. The van der Waals surface area contributed by atoms with Crippen LogP contribution in [0, 0.1) is 0 Å². The first-order valence-corrected chi connectivity index (χ1v) is 19.9. The number of carbonyl (C=O) groups is 1. The molecule has 0 N–H and O–H groups in total. The molecular formula is C42H79NO2. The number of hydrogen-bond donors (Lipinski definition) is 0. The van der Waals surface area contributed by atoms with E-state index in [-0.39, 0.29) is 12.1 Å². The van der Waals surface area contributed by atoms with Crippen molar-refractivity contribution < 1.29 is 9.53 Å². The molecule has 0 spiro atoms. The SMILES string of the molecule is CCCCC/C=C\C/C=C\CCCCCCCCC(CCCCCCCC/C=C\CCCCCCC)OC(=O)CCCN(C)C. The van der Waals surface area contributed by atoms with E-state index in [9.17, 15) is 4.79 Å². The lowest BCUT2D eigenvalue weighted by Crippen LogP contribution is -2.20. The van der Waals surface area contributed by atoms with Crippen LogP contribution in [0.2, 0.25) is 0 Å². The van der Waals surface area contributed by atoms with Gasteiger partial charge in [-0.2, -0.15) is 0 Å². The molecule has 0 fully saturated rings. The average molecular weight is 630 g/mol. The summed E-state index contributed by atoms with van der Waals surface area (Å²) in [7, 11) is 4.12. The third-order valence-electron chi connectivity index (χ3n) is 8.80. The zero-order chi connectivity index (χ0) is 32.9. The molecule has 0 heterocycles. The highest BCUT2D eigenvalue weighted by atomic mass is 16.5. The minimum Gasteiger partial charge on any atom is -0.462 e. The first-order chi connectivity index (χ1) is 22.1. The maximum atomic E-state index is 12.5. The Hall–Kier alpha value is -1.35. The molecule has 0 aliphatic heterocycles. The molecule has 0 saturated heterocycles. The molecule has 0 aromatic heterocycles. The Labute approximate surface area is 283 Å². The molecular weight excluding hydrogens is 550 g/mol. The van der Waals surface area contributed by atoms with E-state index in [0.29, 0.717) is 6.42 Å². The zero-order valence-electron chi connectivity index (χ0n) is 31.0. The molecule has 3 nitrogen and oxygen atoms in total. The van der Waals surface area contributed by atoms with Crippen LogP contribution in [0.1, 0.15) is 200 Å². The fourth-order valence-electron chi connectivity index (χ4n) is 5.85. The monoisotopic (exact) mass is 630 g/mol. The summed E-state index contributed by atoms with van der Waals surface area (Å²) in [6, 6.07) is 0. The Morgan fingerprint density at radius 1 is 0.511 bits per heavy atom. The van der Waals surface area contributed by atoms with Crippen molar-refractivity contribution in [3.63, 3.8) is 0 Å². The van der Waals surface area contributed by atoms with Gasteiger partial charge in [-0.15, -0.1) is 0 Å². The Morgan fingerprint density at radius 3 is 1.36 bits per heavy atom. The van der Waals surface area contributed by atoms with E-state index in [1.165, 1.54) is 154 Å². The van der Waals surface area contributed by atoms with Crippen molar-refractivity contribution in [1.29, 1.82) is 0 Å². The van der Waals surface area contributed by atoms with Gasteiger partial charge in [-0.05, 0) is 111 Å². The summed E-state index contributed by atoms with van der Waals surface area (Å²) in [6.45, 7) is 5.49. The third-order valence-corrected chi connectivity index (χ3v) is 8.80. The van der Waals surface area contributed by atoms with Crippen molar-refractivity contribution in [1.82, 2.24) is 4.90 Å². The van der Waals surface area contributed by atoms with Crippen molar-refractivity contribution in [2.75, 3.05) is 20.6 Å². The number of hydrogen-bond acceptors (Lipinski definition) is 3. The van der Waals surface area contributed by atoms with E-state index in [2.05, 4.69) is 69.3 Å². The molecule has 1 unspecified atom stereocenters. The van der Waals surface area contributed by atoms with E-state index in [4.69, 9.17) is 4.74 Å². The molecule has 0 amide bonds. The van der Waals surface area contributed by atoms with Gasteiger partial charge in [0.05, 0.1) is 0 Å². The van der Waals surface area contributed by atoms with Crippen LogP contribution in [0.3, 0.4) is 0 Å². The third kappa shape index (κ3) is 37.0. The number of ether oxygens (including phenoxy) is 1. The minimum atomic E-state index is 0.0101. The van der Waals surface area contributed by atoms with Crippen LogP contribution in [-0.2, 0) is 9.53 Å². The Morgan fingerprint density at radius 2 is 0.889 bits per heavy atom. The first kappa shape index (κ1) is 43.6. The van der Waals surface area contributed by atoms with E-state index in [1.807, 2.05) is 0 Å². The molecule has 0 saturated carbocycles. The summed E-state index contributed by atoms with van der Waals surface area (Å²) in [5.74, 6) is 0.0101. The standard InChI is InChI=1S/C42H79NO2/c1-5-7-9-11-13-15-17-19-21-23-25-27-29-31-33-35-38-41(45-42(44)39-36-40-43(3)4)37-34-32-30-28-26-24-22-20-18-16-14-12-10-8-6-2/h13,15,18-21,41H,5-12,14,16-17,22-40H2,1-4H3/b15-13-,20-18-,21-19-. The number of unbranched alkanes of at least 4 members (excludes halogenated alkanes) is 20. The van der Waals surface area contributed by atoms with Crippen LogP contribution in [0.25, 0.3) is 0 Å². The lowest BCUT2D eigenvalue weighted by atomic mass is 10.0. The first-order valence-electron chi connectivity index (χ1n) is 19.9. The van der Waals surface area contributed by atoms with Gasteiger partial charge in [-0.3, -0.25) is 4.79 Å². The van der Waals surface area contributed by atoms with E-state index in [0.717, 1.165) is 32.2 Å². The largest absolute Gasteiger partial charge is 0.462 e. The number of carbonyl (C=O) groups excluding carboxylic acids is 1. The smallest absolute Gasteiger partial charge is 0.306 e. The van der Waals surface area contributed by atoms with Gasteiger partial charge < -0.3 is 9.64 Å². The number of rotatable bonds is 35. The van der Waals surface area contributed by atoms with Crippen LogP contribution in [-0.4, -0.2) is 37.6 Å². The highest BCUT2D eigenvalue weighted by Crippen LogP contribution is 2.18. The van der Waals surface area contributed by atoms with Crippen molar-refractivity contribution >= 4 is 5.97 Å². The van der Waals surface area contributed by atoms with Crippen LogP contribution in [0.5, 0.6) is 0 Å². The Balaban J connectivity index is 3.99. The fraction of sp³-hybridized carbons (Fsp3) is 0.833. The van der Waals surface area contributed by atoms with Crippen molar-refractivity contribution in [3.8, 4) is 0 Å². The van der Waals surface area contributed by atoms with Crippen LogP contribution in [0.4, 0.5) is 0 Å². The molecule has 264 valence electrons. The van der Waals surface area contributed by atoms with Gasteiger partial charge in [0.1, 0.15) is 6.10 Å². The van der Waals surface area contributed by atoms with Crippen molar-refractivity contribution in [2.45, 2.75) is 206 Å². The highest BCUT2D eigenvalue weighted by Gasteiger charge is 2.14. The molecule has 0 rings (SSSR count). The predicted molar refractivity (Wildman–Crippen MR) is 201 cm³/mol. The quantitative estimate of drug-likeness (QED) is 0.0397. The summed E-state index contributed by atoms with van der Waals surface area (Å²) in [5, 5.41) is 0. The van der Waals surface area contributed by atoms with Gasteiger partial charge in [0.15, 0.2) is 0 Å². The summed E-state index contributed by atoms with van der Waals surface area (Å²) in [4.78, 5) is 14.7. The highest BCUT2D eigenvalue weighted by molar-refractivity contribution is 5.69. The van der Waals surface area contributed by atoms with Crippen molar-refractivity contribution in [3.05, 3.63) is 36.5 Å². The molecule has 0 bridgehead atoms. The van der Waals surface area contributed by atoms with Gasteiger partial charge in [-0.25, -0.2) is 0 Å². The molecule has 0 aliphatic carbocycles. The molecule has 0 aromatic carbocycles. The summed E-state index contributed by atoms with van der Waals surface area (Å²) < 4.78 is 6.00. The molecule has 0 aliphatic rings.